The number of thiophene rings is 1. The highest BCUT2D eigenvalue weighted by atomic mass is 32.1. The molecular formula is C17H25N3S. The molecule has 0 bridgehead atoms. The third kappa shape index (κ3) is 3.55. The van der Waals surface area contributed by atoms with Crippen molar-refractivity contribution in [2.45, 2.75) is 26.7 Å². The summed E-state index contributed by atoms with van der Waals surface area (Å²) in [6, 6.07) is 4.33. The molecule has 1 atom stereocenters. The van der Waals surface area contributed by atoms with Gasteiger partial charge in [0.2, 0.25) is 0 Å². The van der Waals surface area contributed by atoms with Crippen LogP contribution in [0.25, 0.3) is 10.1 Å². The highest BCUT2D eigenvalue weighted by molar-refractivity contribution is 7.17. The van der Waals surface area contributed by atoms with E-state index in [0.29, 0.717) is 0 Å². The quantitative estimate of drug-likeness (QED) is 0.911. The lowest BCUT2D eigenvalue weighted by molar-refractivity contribution is 0.381. The molecule has 2 aromatic rings. The lowest BCUT2D eigenvalue weighted by Gasteiger charge is -2.34. The number of anilines is 1. The molecule has 1 aliphatic heterocycles. The molecule has 1 unspecified atom stereocenters. The third-order valence-electron chi connectivity index (χ3n) is 4.16. The number of aromatic nitrogens is 1. The Hall–Kier alpha value is -1.13. The van der Waals surface area contributed by atoms with Crippen molar-refractivity contribution >= 4 is 27.2 Å². The van der Waals surface area contributed by atoms with Crippen LogP contribution in [0.15, 0.2) is 23.7 Å². The van der Waals surface area contributed by atoms with Gasteiger partial charge < -0.3 is 10.2 Å². The second-order valence-electron chi connectivity index (χ2n) is 6.47. The van der Waals surface area contributed by atoms with Gasteiger partial charge in [-0.3, -0.25) is 0 Å². The van der Waals surface area contributed by atoms with Crippen molar-refractivity contribution < 1.29 is 0 Å². The van der Waals surface area contributed by atoms with Gasteiger partial charge in [0.05, 0.1) is 0 Å². The summed E-state index contributed by atoms with van der Waals surface area (Å²) >= 11 is 1.80. The zero-order valence-corrected chi connectivity index (χ0v) is 13.8. The summed E-state index contributed by atoms with van der Waals surface area (Å²) in [7, 11) is 0. The van der Waals surface area contributed by atoms with Crippen molar-refractivity contribution in [2.24, 2.45) is 11.8 Å². The van der Waals surface area contributed by atoms with Gasteiger partial charge in [0.1, 0.15) is 5.82 Å². The van der Waals surface area contributed by atoms with Gasteiger partial charge >= 0.3 is 0 Å². The largest absolute Gasteiger partial charge is 0.356 e. The van der Waals surface area contributed by atoms with Crippen LogP contribution < -0.4 is 10.2 Å². The summed E-state index contributed by atoms with van der Waals surface area (Å²) in [6.07, 6.45) is 4.56. The van der Waals surface area contributed by atoms with Crippen molar-refractivity contribution in [3.8, 4) is 0 Å². The summed E-state index contributed by atoms with van der Waals surface area (Å²) in [5.41, 5.74) is 0. The number of nitrogens with one attached hydrogen (secondary N) is 1. The maximum atomic E-state index is 4.66. The highest BCUT2D eigenvalue weighted by Gasteiger charge is 2.22. The van der Waals surface area contributed by atoms with E-state index in [0.717, 1.165) is 38.0 Å². The van der Waals surface area contributed by atoms with Gasteiger partial charge in [0, 0.05) is 29.4 Å². The molecule has 1 aliphatic rings. The average Bonchev–Trinajstić information content (AvgIpc) is 2.95. The summed E-state index contributed by atoms with van der Waals surface area (Å²) < 4.78 is 1.35. The Morgan fingerprint density at radius 1 is 1.43 bits per heavy atom. The fourth-order valence-electron chi connectivity index (χ4n) is 3.13. The van der Waals surface area contributed by atoms with E-state index in [1.807, 2.05) is 6.20 Å². The van der Waals surface area contributed by atoms with E-state index in [1.165, 1.54) is 28.7 Å². The maximum Gasteiger partial charge on any atom is 0.137 e. The zero-order chi connectivity index (χ0) is 14.7. The number of fused-ring (bicyclic) bond motifs is 1. The fraction of sp³-hybridized carbons (Fsp3) is 0.588. The molecule has 2 aromatic heterocycles. The molecule has 114 valence electrons. The summed E-state index contributed by atoms with van der Waals surface area (Å²) in [6.45, 7) is 9.06. The zero-order valence-electron chi connectivity index (χ0n) is 13.0. The summed E-state index contributed by atoms with van der Waals surface area (Å²) in [5, 5.41) is 7.10. The van der Waals surface area contributed by atoms with E-state index in [9.17, 15) is 0 Å². The molecule has 3 nitrogen and oxygen atoms in total. The molecule has 0 aromatic carbocycles. The minimum Gasteiger partial charge on any atom is -0.356 e. The predicted octanol–water partition coefficient (Wildman–Crippen LogP) is 3.76. The van der Waals surface area contributed by atoms with Crippen LogP contribution in [0.3, 0.4) is 0 Å². The molecule has 0 amide bonds. The maximum absolute atomic E-state index is 4.66. The molecule has 3 heterocycles. The minimum absolute atomic E-state index is 0.728. The molecule has 0 spiro atoms. The number of nitrogens with zero attached hydrogens (tertiary/aromatic N) is 2. The van der Waals surface area contributed by atoms with Crippen LogP contribution in [0.5, 0.6) is 0 Å². The Morgan fingerprint density at radius 3 is 3.19 bits per heavy atom. The van der Waals surface area contributed by atoms with E-state index >= 15 is 0 Å². The van der Waals surface area contributed by atoms with Gasteiger partial charge in [-0.25, -0.2) is 4.98 Å². The molecule has 3 rings (SSSR count). The molecule has 0 saturated carbocycles. The molecule has 1 saturated heterocycles. The van der Waals surface area contributed by atoms with Gasteiger partial charge in [0.25, 0.3) is 0 Å². The van der Waals surface area contributed by atoms with Gasteiger partial charge in [-0.15, -0.1) is 11.3 Å². The molecule has 0 radical (unpaired) electrons. The molecule has 1 N–H and O–H groups in total. The van der Waals surface area contributed by atoms with Crippen LogP contribution in [-0.2, 0) is 0 Å². The molecule has 4 heteroatoms. The van der Waals surface area contributed by atoms with E-state index in [-0.39, 0.29) is 0 Å². The number of hydrogen-bond donors (Lipinski definition) is 1. The normalized spacial score (nSPS) is 19.6. The minimum atomic E-state index is 0.728. The van der Waals surface area contributed by atoms with Crippen LogP contribution in [-0.4, -0.2) is 31.2 Å². The lowest BCUT2D eigenvalue weighted by atomic mass is 9.97. The Balaban J connectivity index is 1.67. The van der Waals surface area contributed by atoms with Crippen molar-refractivity contribution in [1.82, 2.24) is 10.3 Å². The Bertz CT molecular complexity index is 578. The fourth-order valence-corrected chi connectivity index (χ4v) is 3.91. The van der Waals surface area contributed by atoms with Crippen LogP contribution >= 0.6 is 11.3 Å². The van der Waals surface area contributed by atoms with Crippen molar-refractivity contribution in [1.29, 1.82) is 0 Å². The highest BCUT2D eigenvalue weighted by Crippen LogP contribution is 2.30. The van der Waals surface area contributed by atoms with Crippen LogP contribution in [0.1, 0.15) is 26.7 Å². The number of rotatable bonds is 5. The van der Waals surface area contributed by atoms with Gasteiger partial charge in [-0.05, 0) is 55.3 Å². The first-order valence-electron chi connectivity index (χ1n) is 8.02. The number of pyridine rings is 1. The standard InChI is InChI=1S/C17H25N3S/c1-13(2)10-18-11-14-4-3-8-20(12-14)17-15-6-9-21-16(15)5-7-19-17/h5-7,9,13-14,18H,3-4,8,10-12H2,1-2H3. The van der Waals surface area contributed by atoms with Crippen LogP contribution in [0.2, 0.25) is 0 Å². The molecule has 1 fully saturated rings. The predicted molar refractivity (Wildman–Crippen MR) is 92.3 cm³/mol. The Labute approximate surface area is 131 Å². The number of piperidine rings is 1. The molecule has 0 aliphatic carbocycles. The molecule has 21 heavy (non-hydrogen) atoms. The first-order chi connectivity index (χ1) is 10.2. The van der Waals surface area contributed by atoms with E-state index in [1.54, 1.807) is 11.3 Å². The van der Waals surface area contributed by atoms with Gasteiger partial charge in [0.15, 0.2) is 0 Å². The Kier molecular flexibility index (Phi) is 4.76. The first kappa shape index (κ1) is 14.8. The second-order valence-corrected chi connectivity index (χ2v) is 7.42. The molecular weight excluding hydrogens is 278 g/mol. The average molecular weight is 303 g/mol. The first-order valence-corrected chi connectivity index (χ1v) is 8.90. The van der Waals surface area contributed by atoms with Crippen molar-refractivity contribution in [2.75, 3.05) is 31.1 Å². The Morgan fingerprint density at radius 2 is 2.33 bits per heavy atom. The third-order valence-corrected chi connectivity index (χ3v) is 5.05. The lowest BCUT2D eigenvalue weighted by Crippen LogP contribution is -2.40. The van der Waals surface area contributed by atoms with Gasteiger partial charge in [-0.1, -0.05) is 13.8 Å². The number of hydrogen-bond acceptors (Lipinski definition) is 4. The van der Waals surface area contributed by atoms with Crippen LogP contribution in [0, 0.1) is 11.8 Å². The van der Waals surface area contributed by atoms with E-state index in [4.69, 9.17) is 0 Å². The smallest absolute Gasteiger partial charge is 0.137 e. The second kappa shape index (κ2) is 6.75. The summed E-state index contributed by atoms with van der Waals surface area (Å²) in [5.74, 6) is 2.65. The summed E-state index contributed by atoms with van der Waals surface area (Å²) in [4.78, 5) is 7.14. The van der Waals surface area contributed by atoms with Crippen LogP contribution in [0.4, 0.5) is 5.82 Å². The van der Waals surface area contributed by atoms with E-state index in [2.05, 4.69) is 46.6 Å². The van der Waals surface area contributed by atoms with E-state index < -0.39 is 0 Å². The van der Waals surface area contributed by atoms with Gasteiger partial charge in [-0.2, -0.15) is 0 Å². The van der Waals surface area contributed by atoms with Crippen molar-refractivity contribution in [3.05, 3.63) is 23.7 Å². The SMILES string of the molecule is CC(C)CNCC1CCCN(c2nccc3sccc23)C1. The monoisotopic (exact) mass is 303 g/mol. The topological polar surface area (TPSA) is 28.2 Å². The van der Waals surface area contributed by atoms with Crippen molar-refractivity contribution in [3.63, 3.8) is 0 Å².